The van der Waals surface area contributed by atoms with Crippen molar-refractivity contribution in [2.75, 3.05) is 31.6 Å². The largest absolute Gasteiger partial charge is 0.356 e. The molecule has 5 nitrogen and oxygen atoms in total. The van der Waals surface area contributed by atoms with Gasteiger partial charge in [-0.15, -0.1) is 11.3 Å². The molecule has 0 radical (unpaired) electrons. The second-order valence-electron chi connectivity index (χ2n) is 6.60. The molecule has 1 aromatic carbocycles. The van der Waals surface area contributed by atoms with Gasteiger partial charge in [0.25, 0.3) is 0 Å². The summed E-state index contributed by atoms with van der Waals surface area (Å²) >= 11 is 1.69. The summed E-state index contributed by atoms with van der Waals surface area (Å²) in [5.41, 5.74) is 1.46. The van der Waals surface area contributed by atoms with E-state index < -0.39 is 11.6 Å². The van der Waals surface area contributed by atoms with Gasteiger partial charge in [-0.25, -0.2) is 13.8 Å². The van der Waals surface area contributed by atoms with Crippen molar-refractivity contribution in [3.63, 3.8) is 0 Å². The zero-order chi connectivity index (χ0) is 19.2. The first kappa shape index (κ1) is 19.5. The van der Waals surface area contributed by atoms with Crippen LogP contribution in [0.1, 0.15) is 37.1 Å². The van der Waals surface area contributed by atoms with Crippen LogP contribution in [0.3, 0.4) is 0 Å². The van der Waals surface area contributed by atoms with Gasteiger partial charge in [-0.1, -0.05) is 6.07 Å². The highest BCUT2D eigenvalue weighted by Gasteiger charge is 2.16. The van der Waals surface area contributed by atoms with Gasteiger partial charge in [-0.2, -0.15) is 0 Å². The number of aromatic nitrogens is 1. The van der Waals surface area contributed by atoms with Crippen molar-refractivity contribution in [1.29, 1.82) is 0 Å². The zero-order valence-electron chi connectivity index (χ0n) is 15.6. The first-order chi connectivity index (χ1) is 13.1. The van der Waals surface area contributed by atoms with Crippen molar-refractivity contribution in [3.05, 3.63) is 46.5 Å². The molecule has 0 saturated carbocycles. The molecule has 8 heteroatoms. The number of guanidine groups is 1. The molecule has 1 saturated heterocycles. The molecule has 2 heterocycles. The lowest BCUT2D eigenvalue weighted by Crippen LogP contribution is -2.39. The Kier molecular flexibility index (Phi) is 6.60. The van der Waals surface area contributed by atoms with Gasteiger partial charge >= 0.3 is 0 Å². The molecule has 1 aromatic heterocycles. The third-order valence-corrected chi connectivity index (χ3v) is 5.55. The van der Waals surface area contributed by atoms with Crippen LogP contribution >= 0.6 is 11.3 Å². The van der Waals surface area contributed by atoms with Gasteiger partial charge in [0, 0.05) is 50.1 Å². The van der Waals surface area contributed by atoms with Gasteiger partial charge in [0.1, 0.15) is 11.6 Å². The van der Waals surface area contributed by atoms with Crippen molar-refractivity contribution in [1.82, 2.24) is 15.6 Å². The van der Waals surface area contributed by atoms with Gasteiger partial charge in [-0.3, -0.25) is 4.99 Å². The van der Waals surface area contributed by atoms with Crippen LogP contribution < -0.4 is 15.5 Å². The number of halogens is 2. The van der Waals surface area contributed by atoms with E-state index in [1.807, 2.05) is 6.92 Å². The average Bonchev–Trinajstić information content (AvgIpc) is 3.32. The summed E-state index contributed by atoms with van der Waals surface area (Å²) in [7, 11) is 1.66. The molecule has 1 aliphatic heterocycles. The Morgan fingerprint density at radius 2 is 2.11 bits per heavy atom. The molecule has 1 unspecified atom stereocenters. The second-order valence-corrected chi connectivity index (χ2v) is 7.43. The van der Waals surface area contributed by atoms with E-state index >= 15 is 0 Å². The van der Waals surface area contributed by atoms with Gasteiger partial charge in [0.15, 0.2) is 11.1 Å². The molecular formula is C19H25F2N5S. The summed E-state index contributed by atoms with van der Waals surface area (Å²) in [6.45, 7) is 4.67. The van der Waals surface area contributed by atoms with Crippen LogP contribution in [-0.2, 0) is 6.42 Å². The van der Waals surface area contributed by atoms with Gasteiger partial charge in [0.2, 0.25) is 0 Å². The first-order valence-corrected chi connectivity index (χ1v) is 10.1. The highest BCUT2D eigenvalue weighted by Crippen LogP contribution is 2.24. The van der Waals surface area contributed by atoms with E-state index in [1.165, 1.54) is 25.0 Å². The van der Waals surface area contributed by atoms with Crippen molar-refractivity contribution >= 4 is 22.4 Å². The summed E-state index contributed by atoms with van der Waals surface area (Å²) in [5, 5.41) is 9.55. The number of rotatable bonds is 6. The number of aliphatic imine (C=N–C) groups is 1. The molecule has 0 aliphatic carbocycles. The van der Waals surface area contributed by atoms with E-state index in [4.69, 9.17) is 4.98 Å². The second kappa shape index (κ2) is 9.12. The van der Waals surface area contributed by atoms with Crippen LogP contribution in [0.2, 0.25) is 0 Å². The van der Waals surface area contributed by atoms with E-state index in [-0.39, 0.29) is 6.04 Å². The number of hydrogen-bond acceptors (Lipinski definition) is 4. The topological polar surface area (TPSA) is 52.6 Å². The molecule has 2 N–H and O–H groups in total. The van der Waals surface area contributed by atoms with E-state index in [2.05, 4.69) is 25.9 Å². The SMILES string of the molecule is CN=C(NCCc1csc(N2CCCC2)n1)NC(C)c1ccc(F)cc1F. The molecular weight excluding hydrogens is 368 g/mol. The molecule has 3 rings (SSSR count). The lowest BCUT2D eigenvalue weighted by molar-refractivity contribution is 0.551. The molecule has 1 aliphatic rings. The molecule has 0 spiro atoms. The third kappa shape index (κ3) is 5.15. The van der Waals surface area contributed by atoms with Crippen molar-refractivity contribution in [2.45, 2.75) is 32.2 Å². The van der Waals surface area contributed by atoms with Crippen LogP contribution in [0.15, 0.2) is 28.6 Å². The van der Waals surface area contributed by atoms with Crippen LogP contribution in [-0.4, -0.2) is 37.6 Å². The van der Waals surface area contributed by atoms with E-state index in [1.54, 1.807) is 18.4 Å². The molecule has 2 aromatic rings. The molecule has 27 heavy (non-hydrogen) atoms. The highest BCUT2D eigenvalue weighted by atomic mass is 32.1. The molecule has 146 valence electrons. The summed E-state index contributed by atoms with van der Waals surface area (Å²) in [4.78, 5) is 11.2. The quantitative estimate of drug-likeness (QED) is 0.583. The predicted octanol–water partition coefficient (Wildman–Crippen LogP) is 3.49. The normalized spacial score (nSPS) is 15.9. The summed E-state index contributed by atoms with van der Waals surface area (Å²) in [6, 6.07) is 3.26. The van der Waals surface area contributed by atoms with Crippen molar-refractivity contribution < 1.29 is 8.78 Å². The van der Waals surface area contributed by atoms with Crippen molar-refractivity contribution in [3.8, 4) is 0 Å². The van der Waals surface area contributed by atoms with Crippen LogP contribution in [0.4, 0.5) is 13.9 Å². The molecule has 0 bridgehead atoms. The average molecular weight is 394 g/mol. The van der Waals surface area contributed by atoms with Crippen LogP contribution in [0.25, 0.3) is 0 Å². The summed E-state index contributed by atoms with van der Waals surface area (Å²) in [6.07, 6.45) is 3.26. The highest BCUT2D eigenvalue weighted by molar-refractivity contribution is 7.13. The maximum atomic E-state index is 13.9. The Bertz CT molecular complexity index is 786. The molecule has 1 atom stereocenters. The number of benzene rings is 1. The van der Waals surface area contributed by atoms with Gasteiger partial charge < -0.3 is 15.5 Å². The maximum absolute atomic E-state index is 13.9. The lowest BCUT2D eigenvalue weighted by atomic mass is 10.1. The number of nitrogens with one attached hydrogen (secondary N) is 2. The number of hydrogen-bond donors (Lipinski definition) is 2. The Labute approximate surface area is 162 Å². The third-order valence-electron chi connectivity index (χ3n) is 4.60. The Morgan fingerprint density at radius 1 is 1.33 bits per heavy atom. The number of nitrogens with zero attached hydrogens (tertiary/aromatic N) is 3. The smallest absolute Gasteiger partial charge is 0.191 e. The van der Waals surface area contributed by atoms with Gasteiger partial charge in [-0.05, 0) is 25.8 Å². The minimum atomic E-state index is -0.581. The van der Waals surface area contributed by atoms with Gasteiger partial charge in [0.05, 0.1) is 11.7 Å². The van der Waals surface area contributed by atoms with Crippen LogP contribution in [0.5, 0.6) is 0 Å². The number of anilines is 1. The fourth-order valence-electron chi connectivity index (χ4n) is 3.10. The Balaban J connectivity index is 1.49. The molecule has 1 fully saturated rings. The number of thiazole rings is 1. The van der Waals surface area contributed by atoms with E-state index in [9.17, 15) is 8.78 Å². The molecule has 0 amide bonds. The fourth-order valence-corrected chi connectivity index (χ4v) is 4.02. The monoisotopic (exact) mass is 393 g/mol. The zero-order valence-corrected chi connectivity index (χ0v) is 16.5. The Hall–Kier alpha value is -2.22. The minimum Gasteiger partial charge on any atom is -0.356 e. The summed E-state index contributed by atoms with van der Waals surface area (Å²) < 4.78 is 27.0. The van der Waals surface area contributed by atoms with E-state index in [0.717, 1.165) is 36.4 Å². The predicted molar refractivity (Wildman–Crippen MR) is 107 cm³/mol. The standard InChI is InChI=1S/C19H25F2N5S/c1-13(16-6-5-14(20)11-17(16)21)24-18(22-2)23-8-7-15-12-27-19(25-15)26-9-3-4-10-26/h5-6,11-13H,3-4,7-10H2,1-2H3,(H2,22,23,24). The van der Waals surface area contributed by atoms with E-state index in [0.29, 0.717) is 18.1 Å². The maximum Gasteiger partial charge on any atom is 0.191 e. The lowest BCUT2D eigenvalue weighted by Gasteiger charge is -2.18. The summed E-state index contributed by atoms with van der Waals surface area (Å²) in [5.74, 6) is -0.578. The van der Waals surface area contributed by atoms with Crippen LogP contribution in [0, 0.1) is 11.6 Å². The first-order valence-electron chi connectivity index (χ1n) is 9.18. The fraction of sp³-hybridized carbons (Fsp3) is 0.474. The van der Waals surface area contributed by atoms with Crippen molar-refractivity contribution in [2.24, 2.45) is 4.99 Å². The minimum absolute atomic E-state index is 0.335. The Morgan fingerprint density at radius 3 is 2.81 bits per heavy atom.